The van der Waals surface area contributed by atoms with Gasteiger partial charge in [-0.2, -0.15) is 9.47 Å². The molecular formula is C15H22N6OS. The van der Waals surface area contributed by atoms with Gasteiger partial charge in [0.05, 0.1) is 0 Å². The highest BCUT2D eigenvalue weighted by Crippen LogP contribution is 2.24. The third kappa shape index (κ3) is 3.52. The van der Waals surface area contributed by atoms with Gasteiger partial charge in [-0.3, -0.25) is 9.48 Å². The monoisotopic (exact) mass is 334 g/mol. The van der Waals surface area contributed by atoms with Gasteiger partial charge in [0.1, 0.15) is 11.5 Å². The summed E-state index contributed by atoms with van der Waals surface area (Å²) in [5.41, 5.74) is 0.583. The summed E-state index contributed by atoms with van der Waals surface area (Å²) in [6.45, 7) is 5.93. The van der Waals surface area contributed by atoms with Crippen molar-refractivity contribution in [2.24, 2.45) is 7.05 Å². The Balaban J connectivity index is 1.64. The molecule has 0 radical (unpaired) electrons. The fraction of sp³-hybridized carbons (Fsp3) is 0.600. The molecule has 2 aromatic rings. The van der Waals surface area contributed by atoms with E-state index >= 15 is 0 Å². The maximum atomic E-state index is 12.3. The fourth-order valence-electron chi connectivity index (χ4n) is 2.71. The highest BCUT2D eigenvalue weighted by atomic mass is 32.1. The number of rotatable bonds is 4. The number of hydrogen-bond acceptors (Lipinski definition) is 6. The molecule has 0 spiro atoms. The van der Waals surface area contributed by atoms with Crippen molar-refractivity contribution >= 4 is 22.6 Å². The minimum Gasteiger partial charge on any atom is -0.346 e. The first-order chi connectivity index (χ1) is 11.0. The van der Waals surface area contributed by atoms with Gasteiger partial charge in [-0.1, -0.05) is 13.8 Å². The van der Waals surface area contributed by atoms with Gasteiger partial charge < -0.3 is 10.2 Å². The van der Waals surface area contributed by atoms with E-state index in [9.17, 15) is 4.79 Å². The third-order valence-corrected chi connectivity index (χ3v) is 4.82. The highest BCUT2D eigenvalue weighted by molar-refractivity contribution is 7.09. The molecule has 1 aliphatic rings. The van der Waals surface area contributed by atoms with Gasteiger partial charge in [0, 0.05) is 49.8 Å². The lowest BCUT2D eigenvalue weighted by atomic mass is 10.1. The zero-order valence-electron chi connectivity index (χ0n) is 13.7. The summed E-state index contributed by atoms with van der Waals surface area (Å²) in [4.78, 5) is 19.2. The van der Waals surface area contributed by atoms with E-state index in [1.54, 1.807) is 24.0 Å². The summed E-state index contributed by atoms with van der Waals surface area (Å²) in [6, 6.07) is 1.85. The second-order valence-electron chi connectivity index (χ2n) is 6.19. The Morgan fingerprint density at radius 2 is 2.30 bits per heavy atom. The SMILES string of the molecule is CC(C)c1nsc(N2CCCC(NC(=O)c3ccnn3C)C2)n1. The van der Waals surface area contributed by atoms with Crippen LogP contribution in [-0.2, 0) is 7.05 Å². The van der Waals surface area contributed by atoms with Gasteiger partial charge in [-0.15, -0.1) is 0 Å². The Morgan fingerprint density at radius 3 is 2.96 bits per heavy atom. The first-order valence-corrected chi connectivity index (χ1v) is 8.69. The Morgan fingerprint density at radius 1 is 1.48 bits per heavy atom. The molecule has 8 heteroatoms. The number of carbonyl (C=O) groups is 1. The van der Waals surface area contributed by atoms with E-state index < -0.39 is 0 Å². The molecule has 1 unspecified atom stereocenters. The average molecular weight is 334 g/mol. The van der Waals surface area contributed by atoms with Gasteiger partial charge in [0.15, 0.2) is 0 Å². The predicted molar refractivity (Wildman–Crippen MR) is 89.9 cm³/mol. The van der Waals surface area contributed by atoms with Crippen molar-refractivity contribution in [2.75, 3.05) is 18.0 Å². The van der Waals surface area contributed by atoms with Crippen LogP contribution in [0.2, 0.25) is 0 Å². The summed E-state index contributed by atoms with van der Waals surface area (Å²) in [5.74, 6) is 1.16. The zero-order valence-corrected chi connectivity index (χ0v) is 14.5. The minimum atomic E-state index is -0.0722. The molecule has 1 N–H and O–H groups in total. The lowest BCUT2D eigenvalue weighted by Crippen LogP contribution is -2.48. The van der Waals surface area contributed by atoms with Crippen LogP contribution in [0.25, 0.3) is 0 Å². The van der Waals surface area contributed by atoms with E-state index in [0.717, 1.165) is 36.9 Å². The number of aromatic nitrogens is 4. The summed E-state index contributed by atoms with van der Waals surface area (Å²) < 4.78 is 6.01. The predicted octanol–water partition coefficient (Wildman–Crippen LogP) is 1.79. The average Bonchev–Trinajstić information content (AvgIpc) is 3.16. The molecule has 7 nitrogen and oxygen atoms in total. The molecule has 1 saturated heterocycles. The Kier molecular flexibility index (Phi) is 4.61. The third-order valence-electron chi connectivity index (χ3n) is 4.03. The molecule has 3 heterocycles. The van der Waals surface area contributed by atoms with Crippen LogP contribution in [0.5, 0.6) is 0 Å². The molecule has 1 fully saturated rings. The minimum absolute atomic E-state index is 0.0722. The second kappa shape index (κ2) is 6.66. The normalized spacial score (nSPS) is 18.4. The van der Waals surface area contributed by atoms with Crippen LogP contribution >= 0.6 is 11.5 Å². The van der Waals surface area contributed by atoms with Crippen LogP contribution in [0.15, 0.2) is 12.3 Å². The number of hydrogen-bond donors (Lipinski definition) is 1. The van der Waals surface area contributed by atoms with Crippen molar-refractivity contribution in [2.45, 2.75) is 38.6 Å². The van der Waals surface area contributed by atoms with E-state index in [1.165, 1.54) is 11.5 Å². The number of anilines is 1. The highest BCUT2D eigenvalue weighted by Gasteiger charge is 2.25. The van der Waals surface area contributed by atoms with Crippen LogP contribution in [-0.4, -0.2) is 44.2 Å². The number of nitrogens with one attached hydrogen (secondary N) is 1. The zero-order chi connectivity index (χ0) is 16.4. The topological polar surface area (TPSA) is 75.9 Å². The molecule has 23 heavy (non-hydrogen) atoms. The lowest BCUT2D eigenvalue weighted by Gasteiger charge is -2.32. The molecule has 1 aliphatic heterocycles. The molecule has 0 aromatic carbocycles. The Labute approximate surface area is 139 Å². The smallest absolute Gasteiger partial charge is 0.269 e. The van der Waals surface area contributed by atoms with Crippen molar-refractivity contribution in [1.82, 2.24) is 24.5 Å². The van der Waals surface area contributed by atoms with E-state index in [2.05, 4.69) is 38.5 Å². The molecule has 0 aliphatic carbocycles. The van der Waals surface area contributed by atoms with Gasteiger partial charge >= 0.3 is 0 Å². The van der Waals surface area contributed by atoms with Crippen LogP contribution in [0.1, 0.15) is 48.9 Å². The van der Waals surface area contributed by atoms with Gasteiger partial charge in [-0.05, 0) is 18.9 Å². The van der Waals surface area contributed by atoms with Crippen LogP contribution in [0.4, 0.5) is 5.13 Å². The van der Waals surface area contributed by atoms with E-state index in [-0.39, 0.29) is 11.9 Å². The quantitative estimate of drug-likeness (QED) is 0.922. The summed E-state index contributed by atoms with van der Waals surface area (Å²) in [6.07, 6.45) is 3.65. The molecule has 1 atom stereocenters. The maximum Gasteiger partial charge on any atom is 0.269 e. The number of amides is 1. The van der Waals surface area contributed by atoms with Crippen molar-refractivity contribution < 1.29 is 4.79 Å². The largest absolute Gasteiger partial charge is 0.346 e. The molecule has 3 rings (SSSR count). The van der Waals surface area contributed by atoms with Crippen molar-refractivity contribution in [3.8, 4) is 0 Å². The van der Waals surface area contributed by atoms with E-state index in [1.807, 2.05) is 0 Å². The Hall–Kier alpha value is -1.96. The summed E-state index contributed by atoms with van der Waals surface area (Å²) in [5, 5.41) is 8.10. The van der Waals surface area contributed by atoms with Crippen molar-refractivity contribution in [3.05, 3.63) is 23.8 Å². The standard InChI is InChI=1S/C15H22N6OS/c1-10(2)13-18-15(23-19-13)21-8-4-5-11(9-21)17-14(22)12-6-7-16-20(12)3/h6-7,10-11H,4-5,8-9H2,1-3H3,(H,17,22). The molecule has 0 bridgehead atoms. The molecule has 1 amide bonds. The van der Waals surface area contributed by atoms with Gasteiger partial charge in [-0.25, -0.2) is 4.98 Å². The van der Waals surface area contributed by atoms with Crippen molar-refractivity contribution in [3.63, 3.8) is 0 Å². The fourth-order valence-corrected chi connectivity index (χ4v) is 3.56. The second-order valence-corrected chi connectivity index (χ2v) is 6.92. The lowest BCUT2D eigenvalue weighted by molar-refractivity contribution is 0.0923. The number of carbonyl (C=O) groups excluding carboxylic acids is 1. The molecular weight excluding hydrogens is 312 g/mol. The number of aryl methyl sites for hydroxylation is 1. The van der Waals surface area contributed by atoms with Crippen LogP contribution < -0.4 is 10.2 Å². The van der Waals surface area contributed by atoms with Gasteiger partial charge in [0.25, 0.3) is 5.91 Å². The molecule has 0 saturated carbocycles. The van der Waals surface area contributed by atoms with Gasteiger partial charge in [0.2, 0.25) is 5.13 Å². The first-order valence-electron chi connectivity index (χ1n) is 7.92. The first kappa shape index (κ1) is 15.9. The summed E-state index contributed by atoms with van der Waals surface area (Å²) >= 11 is 1.44. The summed E-state index contributed by atoms with van der Waals surface area (Å²) in [7, 11) is 1.77. The van der Waals surface area contributed by atoms with E-state index in [4.69, 9.17) is 0 Å². The van der Waals surface area contributed by atoms with Crippen LogP contribution in [0.3, 0.4) is 0 Å². The number of nitrogens with zero attached hydrogens (tertiary/aromatic N) is 5. The van der Waals surface area contributed by atoms with Crippen molar-refractivity contribution in [1.29, 1.82) is 0 Å². The molecule has 124 valence electrons. The van der Waals surface area contributed by atoms with Crippen LogP contribution in [0, 0.1) is 0 Å². The Bertz CT molecular complexity index is 679. The maximum absolute atomic E-state index is 12.3. The molecule has 2 aromatic heterocycles. The van der Waals surface area contributed by atoms with E-state index in [0.29, 0.717) is 11.6 Å². The number of piperidine rings is 1.